The Bertz CT molecular complexity index is 155. The van der Waals surface area contributed by atoms with Gasteiger partial charge in [-0.05, 0) is 6.92 Å². The summed E-state index contributed by atoms with van der Waals surface area (Å²) in [7, 11) is 1.84. The number of nitrogens with one attached hydrogen (secondary N) is 1. The fraction of sp³-hybridized carbons (Fsp3) is 0.900. The van der Waals surface area contributed by atoms with E-state index in [1.54, 1.807) is 4.90 Å². The van der Waals surface area contributed by atoms with Gasteiger partial charge in [-0.15, -0.1) is 0 Å². The zero-order valence-corrected chi connectivity index (χ0v) is 9.84. The summed E-state index contributed by atoms with van der Waals surface area (Å²) in [5.74, 6) is 0. The number of amides is 2. The van der Waals surface area contributed by atoms with Crippen LogP contribution in [0.3, 0.4) is 0 Å². The predicted molar refractivity (Wildman–Crippen MR) is 59.5 cm³/mol. The number of carbonyl (C=O) groups excluding carboxylic acids is 1. The van der Waals surface area contributed by atoms with Gasteiger partial charge in [0.1, 0.15) is 0 Å². The van der Waals surface area contributed by atoms with E-state index in [4.69, 9.17) is 0 Å². The van der Waals surface area contributed by atoms with Crippen LogP contribution in [0.15, 0.2) is 0 Å². The van der Waals surface area contributed by atoms with Gasteiger partial charge in [-0.3, -0.25) is 0 Å². The van der Waals surface area contributed by atoms with Gasteiger partial charge in [-0.25, -0.2) is 4.79 Å². The molecule has 0 atom stereocenters. The van der Waals surface area contributed by atoms with E-state index in [2.05, 4.69) is 5.32 Å². The van der Waals surface area contributed by atoms with Crippen molar-refractivity contribution in [2.75, 3.05) is 39.8 Å². The van der Waals surface area contributed by atoms with Crippen molar-refractivity contribution in [3.8, 4) is 0 Å². The van der Waals surface area contributed by atoms with Crippen LogP contribution < -0.4 is 5.32 Å². The lowest BCUT2D eigenvalue weighted by atomic mass is 10.4. The number of hydrogen-bond donors (Lipinski definition) is 1. The first-order chi connectivity index (χ1) is 6.75. The van der Waals surface area contributed by atoms with Gasteiger partial charge in [0, 0.05) is 39.8 Å². The second-order valence-electron chi connectivity index (χ2n) is 3.03. The molecule has 1 heterocycles. The van der Waals surface area contributed by atoms with Crippen LogP contribution >= 0.6 is 0 Å². The molecule has 0 saturated carbocycles. The van der Waals surface area contributed by atoms with Crippen molar-refractivity contribution in [1.29, 1.82) is 0 Å². The van der Waals surface area contributed by atoms with Gasteiger partial charge >= 0.3 is 6.03 Å². The Labute approximate surface area is 87.3 Å². The van der Waals surface area contributed by atoms with E-state index in [0.29, 0.717) is 0 Å². The molecule has 1 aliphatic heterocycles. The molecule has 2 amide bonds. The average molecular weight is 201 g/mol. The summed E-state index contributed by atoms with van der Waals surface area (Å²) in [6.07, 6.45) is 0. The molecule has 1 saturated heterocycles. The first-order valence-corrected chi connectivity index (χ1v) is 5.46. The molecule has 1 aliphatic rings. The van der Waals surface area contributed by atoms with Crippen LogP contribution in [0.1, 0.15) is 20.8 Å². The minimum Gasteiger partial charge on any atom is -0.328 e. The third-order valence-electron chi connectivity index (χ3n) is 2.19. The maximum absolute atomic E-state index is 11.6. The fourth-order valence-electron chi connectivity index (χ4n) is 1.23. The van der Waals surface area contributed by atoms with Crippen molar-refractivity contribution < 1.29 is 4.79 Å². The van der Waals surface area contributed by atoms with Crippen molar-refractivity contribution >= 4 is 6.03 Å². The lowest BCUT2D eigenvalue weighted by Crippen LogP contribution is -2.50. The highest BCUT2D eigenvalue weighted by atomic mass is 16.2. The molecule has 0 aromatic rings. The molecule has 1 rings (SSSR count). The summed E-state index contributed by atoms with van der Waals surface area (Å²) in [5, 5.41) is 3.21. The van der Waals surface area contributed by atoms with Gasteiger partial charge in [0.05, 0.1) is 0 Å². The predicted octanol–water partition coefficient (Wildman–Crippen LogP) is 0.990. The highest BCUT2D eigenvalue weighted by Gasteiger charge is 2.17. The van der Waals surface area contributed by atoms with Crippen molar-refractivity contribution in [2.45, 2.75) is 20.8 Å². The Morgan fingerprint density at radius 1 is 1.36 bits per heavy atom. The SMILES string of the molecule is CC.CCN(C)C(=O)N1CCNCC1. The molecule has 0 bridgehead atoms. The van der Waals surface area contributed by atoms with Gasteiger partial charge in [-0.2, -0.15) is 0 Å². The maximum Gasteiger partial charge on any atom is 0.319 e. The fourth-order valence-corrected chi connectivity index (χ4v) is 1.23. The van der Waals surface area contributed by atoms with Gasteiger partial charge in [-0.1, -0.05) is 13.8 Å². The Kier molecular flexibility index (Phi) is 7.20. The largest absolute Gasteiger partial charge is 0.328 e. The van der Waals surface area contributed by atoms with Gasteiger partial charge < -0.3 is 15.1 Å². The number of hydrogen-bond acceptors (Lipinski definition) is 2. The van der Waals surface area contributed by atoms with Crippen LogP contribution in [0.4, 0.5) is 4.79 Å². The molecule has 4 nitrogen and oxygen atoms in total. The lowest BCUT2D eigenvalue weighted by molar-refractivity contribution is 0.158. The smallest absolute Gasteiger partial charge is 0.319 e. The maximum atomic E-state index is 11.6. The van der Waals surface area contributed by atoms with Crippen LogP contribution in [0, 0.1) is 0 Å². The normalized spacial score (nSPS) is 15.6. The van der Waals surface area contributed by atoms with Gasteiger partial charge in [0.2, 0.25) is 0 Å². The number of urea groups is 1. The van der Waals surface area contributed by atoms with E-state index < -0.39 is 0 Å². The molecule has 14 heavy (non-hydrogen) atoms. The molecule has 0 aromatic carbocycles. The van der Waals surface area contributed by atoms with Crippen LogP contribution in [0.5, 0.6) is 0 Å². The highest BCUT2D eigenvalue weighted by Crippen LogP contribution is 1.97. The summed E-state index contributed by atoms with van der Waals surface area (Å²) < 4.78 is 0. The number of carbonyl (C=O) groups is 1. The molecule has 84 valence electrons. The second-order valence-corrected chi connectivity index (χ2v) is 3.03. The second kappa shape index (κ2) is 7.62. The Hall–Kier alpha value is -0.770. The minimum atomic E-state index is 0.152. The molecule has 4 heteroatoms. The molecule has 0 aromatic heterocycles. The summed E-state index contributed by atoms with van der Waals surface area (Å²) in [4.78, 5) is 15.2. The van der Waals surface area contributed by atoms with Crippen molar-refractivity contribution in [3.05, 3.63) is 0 Å². The molecule has 0 spiro atoms. The van der Waals surface area contributed by atoms with Crippen molar-refractivity contribution in [2.24, 2.45) is 0 Å². The number of piperazine rings is 1. The van der Waals surface area contributed by atoms with E-state index in [1.165, 1.54) is 0 Å². The first-order valence-electron chi connectivity index (χ1n) is 5.46. The molecular formula is C10H23N3O. The number of rotatable bonds is 1. The van der Waals surface area contributed by atoms with Crippen molar-refractivity contribution in [3.63, 3.8) is 0 Å². The summed E-state index contributed by atoms with van der Waals surface area (Å²) in [6.45, 7) is 10.3. The van der Waals surface area contributed by atoms with E-state index >= 15 is 0 Å². The molecule has 1 N–H and O–H groups in total. The van der Waals surface area contributed by atoms with E-state index in [-0.39, 0.29) is 6.03 Å². The third-order valence-corrected chi connectivity index (χ3v) is 2.19. The van der Waals surface area contributed by atoms with Gasteiger partial charge in [0.15, 0.2) is 0 Å². The summed E-state index contributed by atoms with van der Waals surface area (Å²) in [6, 6.07) is 0.152. The lowest BCUT2D eigenvalue weighted by Gasteiger charge is -2.30. The minimum absolute atomic E-state index is 0.152. The summed E-state index contributed by atoms with van der Waals surface area (Å²) >= 11 is 0. The zero-order chi connectivity index (χ0) is 11.0. The molecule has 0 unspecified atom stereocenters. The van der Waals surface area contributed by atoms with E-state index in [1.807, 2.05) is 32.7 Å². The monoisotopic (exact) mass is 201 g/mol. The van der Waals surface area contributed by atoms with Crippen LogP contribution in [0.2, 0.25) is 0 Å². The topological polar surface area (TPSA) is 35.6 Å². The highest BCUT2D eigenvalue weighted by molar-refractivity contribution is 5.74. The van der Waals surface area contributed by atoms with Crippen LogP contribution in [0.25, 0.3) is 0 Å². The standard InChI is InChI=1S/C8H17N3O.C2H6/c1-3-10(2)8(12)11-6-4-9-5-7-11;1-2/h9H,3-7H2,1-2H3;1-2H3. The molecule has 0 radical (unpaired) electrons. The first kappa shape index (κ1) is 13.2. The number of nitrogens with zero attached hydrogens (tertiary/aromatic N) is 2. The Morgan fingerprint density at radius 3 is 2.29 bits per heavy atom. The molecule has 0 aliphatic carbocycles. The van der Waals surface area contributed by atoms with E-state index in [9.17, 15) is 4.79 Å². The van der Waals surface area contributed by atoms with Crippen LogP contribution in [-0.2, 0) is 0 Å². The Balaban J connectivity index is 0.000000791. The van der Waals surface area contributed by atoms with Gasteiger partial charge in [0.25, 0.3) is 0 Å². The average Bonchev–Trinajstić information content (AvgIpc) is 2.31. The van der Waals surface area contributed by atoms with Crippen LogP contribution in [-0.4, -0.2) is 55.6 Å². The quantitative estimate of drug-likeness (QED) is 0.686. The zero-order valence-electron chi connectivity index (χ0n) is 9.84. The van der Waals surface area contributed by atoms with Crippen molar-refractivity contribution in [1.82, 2.24) is 15.1 Å². The summed E-state index contributed by atoms with van der Waals surface area (Å²) in [5.41, 5.74) is 0. The van der Waals surface area contributed by atoms with E-state index in [0.717, 1.165) is 32.7 Å². The Morgan fingerprint density at radius 2 is 1.86 bits per heavy atom. The molecular weight excluding hydrogens is 178 g/mol. The third kappa shape index (κ3) is 3.96. The molecule has 1 fully saturated rings.